The smallest absolute Gasteiger partial charge is 0.127 e. The number of hydrogen-bond acceptors (Lipinski definition) is 2. The molecule has 0 fully saturated rings. The van der Waals surface area contributed by atoms with Gasteiger partial charge in [0.1, 0.15) is 5.82 Å². The number of likely N-dealkylation sites (N-methyl/N-ethyl adjacent to an activating group) is 1. The fraction of sp³-hybridized carbons (Fsp3) is 0.438. The zero-order valence-corrected chi connectivity index (χ0v) is 13.2. The lowest BCUT2D eigenvalue weighted by atomic mass is 10.00. The van der Waals surface area contributed by atoms with E-state index in [2.05, 4.69) is 17.3 Å². The first-order chi connectivity index (χ1) is 10.1. The standard InChI is InChI=1S/C16H21ClFN3/c1-3-19-12(7-8-13-9-10-20-21(13)2)11-14-15(17)5-4-6-16(14)18/h4-6,9-10,12,19H,3,7-8,11H2,1-2H3. The van der Waals surface area contributed by atoms with Crippen LogP contribution in [0.15, 0.2) is 30.5 Å². The molecule has 114 valence electrons. The summed E-state index contributed by atoms with van der Waals surface area (Å²) in [6.45, 7) is 2.90. The highest BCUT2D eigenvalue weighted by molar-refractivity contribution is 6.31. The van der Waals surface area contributed by atoms with Crippen molar-refractivity contribution in [3.8, 4) is 0 Å². The van der Waals surface area contributed by atoms with Crippen molar-refractivity contribution in [2.45, 2.75) is 32.2 Å². The molecule has 1 aromatic carbocycles. The Morgan fingerprint density at radius 2 is 2.19 bits per heavy atom. The van der Waals surface area contributed by atoms with E-state index in [1.165, 1.54) is 11.8 Å². The van der Waals surface area contributed by atoms with Crippen LogP contribution in [-0.2, 0) is 19.9 Å². The Kier molecular flexibility index (Phi) is 5.76. The Hall–Kier alpha value is -1.39. The van der Waals surface area contributed by atoms with Crippen LogP contribution in [-0.4, -0.2) is 22.4 Å². The molecule has 5 heteroatoms. The second kappa shape index (κ2) is 7.57. The largest absolute Gasteiger partial charge is 0.314 e. The summed E-state index contributed by atoms with van der Waals surface area (Å²) in [5.41, 5.74) is 1.77. The van der Waals surface area contributed by atoms with E-state index in [1.807, 2.05) is 17.8 Å². The normalized spacial score (nSPS) is 12.6. The summed E-state index contributed by atoms with van der Waals surface area (Å²) < 4.78 is 15.8. The molecule has 1 unspecified atom stereocenters. The van der Waals surface area contributed by atoms with E-state index in [4.69, 9.17) is 11.6 Å². The van der Waals surface area contributed by atoms with Crippen LogP contribution in [0.4, 0.5) is 4.39 Å². The van der Waals surface area contributed by atoms with Crippen molar-refractivity contribution in [2.75, 3.05) is 6.54 Å². The Balaban J connectivity index is 2.03. The Bertz CT molecular complexity index is 562. The number of hydrogen-bond donors (Lipinski definition) is 1. The molecule has 1 heterocycles. The molecule has 0 spiro atoms. The maximum absolute atomic E-state index is 13.9. The van der Waals surface area contributed by atoms with Gasteiger partial charge in [0.15, 0.2) is 0 Å². The third-order valence-corrected chi connectivity index (χ3v) is 4.03. The van der Waals surface area contributed by atoms with Crippen LogP contribution in [0.2, 0.25) is 5.02 Å². The summed E-state index contributed by atoms with van der Waals surface area (Å²) in [4.78, 5) is 0. The van der Waals surface area contributed by atoms with Gasteiger partial charge in [0.2, 0.25) is 0 Å². The van der Waals surface area contributed by atoms with Gasteiger partial charge in [0.05, 0.1) is 0 Å². The molecule has 2 aromatic rings. The first-order valence-electron chi connectivity index (χ1n) is 7.25. The molecule has 0 aliphatic heterocycles. The van der Waals surface area contributed by atoms with Gasteiger partial charge in [0.25, 0.3) is 0 Å². The van der Waals surface area contributed by atoms with Gasteiger partial charge in [-0.15, -0.1) is 0 Å². The lowest BCUT2D eigenvalue weighted by Crippen LogP contribution is -2.32. The Labute approximate surface area is 130 Å². The van der Waals surface area contributed by atoms with Crippen LogP contribution in [0, 0.1) is 5.82 Å². The first kappa shape index (κ1) is 16.0. The van der Waals surface area contributed by atoms with Crippen molar-refractivity contribution in [1.82, 2.24) is 15.1 Å². The molecule has 1 atom stereocenters. The molecular formula is C16H21ClFN3. The third kappa shape index (κ3) is 4.29. The monoisotopic (exact) mass is 309 g/mol. The van der Waals surface area contributed by atoms with Crippen molar-refractivity contribution >= 4 is 11.6 Å². The summed E-state index contributed by atoms with van der Waals surface area (Å²) in [7, 11) is 1.94. The number of nitrogens with one attached hydrogen (secondary N) is 1. The van der Waals surface area contributed by atoms with Crippen molar-refractivity contribution in [2.24, 2.45) is 7.05 Å². The molecule has 0 saturated carbocycles. The molecule has 0 aliphatic rings. The predicted octanol–water partition coefficient (Wildman–Crippen LogP) is 3.37. The fourth-order valence-corrected chi connectivity index (χ4v) is 2.75. The van der Waals surface area contributed by atoms with Gasteiger partial charge in [-0.1, -0.05) is 24.6 Å². The van der Waals surface area contributed by atoms with Crippen LogP contribution >= 0.6 is 11.6 Å². The van der Waals surface area contributed by atoms with Gasteiger partial charge < -0.3 is 5.32 Å². The molecule has 0 aliphatic carbocycles. The molecule has 0 radical (unpaired) electrons. The maximum Gasteiger partial charge on any atom is 0.127 e. The lowest BCUT2D eigenvalue weighted by molar-refractivity contribution is 0.474. The lowest BCUT2D eigenvalue weighted by Gasteiger charge is -2.19. The molecule has 1 aromatic heterocycles. The van der Waals surface area contributed by atoms with Crippen LogP contribution in [0.25, 0.3) is 0 Å². The quantitative estimate of drug-likeness (QED) is 0.850. The topological polar surface area (TPSA) is 29.9 Å². The highest BCUT2D eigenvalue weighted by Crippen LogP contribution is 2.21. The van der Waals surface area contributed by atoms with Gasteiger partial charge in [-0.25, -0.2) is 4.39 Å². The summed E-state index contributed by atoms with van der Waals surface area (Å²) in [6, 6.07) is 7.05. The SMILES string of the molecule is CCNC(CCc1ccnn1C)Cc1c(F)cccc1Cl. The number of rotatable bonds is 7. The van der Waals surface area contributed by atoms with Crippen LogP contribution < -0.4 is 5.32 Å². The van der Waals surface area contributed by atoms with E-state index in [0.29, 0.717) is 17.0 Å². The highest BCUT2D eigenvalue weighted by Gasteiger charge is 2.15. The van der Waals surface area contributed by atoms with E-state index in [1.54, 1.807) is 18.3 Å². The molecule has 1 N–H and O–H groups in total. The van der Waals surface area contributed by atoms with Crippen LogP contribution in [0.5, 0.6) is 0 Å². The van der Waals surface area contributed by atoms with Crippen LogP contribution in [0.1, 0.15) is 24.6 Å². The average Bonchev–Trinajstić information content (AvgIpc) is 2.86. The molecule has 0 saturated heterocycles. The van der Waals surface area contributed by atoms with E-state index in [-0.39, 0.29) is 11.9 Å². The van der Waals surface area contributed by atoms with Gasteiger partial charge in [-0.2, -0.15) is 5.10 Å². The molecule has 3 nitrogen and oxygen atoms in total. The fourth-order valence-electron chi connectivity index (χ4n) is 2.51. The van der Waals surface area contributed by atoms with E-state index >= 15 is 0 Å². The zero-order valence-electron chi connectivity index (χ0n) is 12.4. The van der Waals surface area contributed by atoms with E-state index in [9.17, 15) is 4.39 Å². The summed E-state index contributed by atoms with van der Waals surface area (Å²) in [5.74, 6) is -0.231. The summed E-state index contributed by atoms with van der Waals surface area (Å²) >= 11 is 6.12. The molecule has 0 amide bonds. The molecule has 2 rings (SSSR count). The number of aryl methyl sites for hydroxylation is 2. The van der Waals surface area contributed by atoms with Gasteiger partial charge in [-0.3, -0.25) is 4.68 Å². The average molecular weight is 310 g/mol. The van der Waals surface area contributed by atoms with Gasteiger partial charge >= 0.3 is 0 Å². The predicted molar refractivity (Wildman–Crippen MR) is 84.1 cm³/mol. The number of nitrogens with zero attached hydrogens (tertiary/aromatic N) is 2. The number of aromatic nitrogens is 2. The van der Waals surface area contributed by atoms with Gasteiger partial charge in [-0.05, 0) is 44.0 Å². The minimum absolute atomic E-state index is 0.194. The number of benzene rings is 1. The van der Waals surface area contributed by atoms with Crippen molar-refractivity contribution in [3.05, 3.63) is 52.6 Å². The third-order valence-electron chi connectivity index (χ3n) is 3.68. The molecular weight excluding hydrogens is 289 g/mol. The summed E-state index contributed by atoms with van der Waals surface area (Å²) in [6.07, 6.45) is 4.21. The molecule has 0 bridgehead atoms. The van der Waals surface area contributed by atoms with Crippen molar-refractivity contribution < 1.29 is 4.39 Å². The van der Waals surface area contributed by atoms with E-state index < -0.39 is 0 Å². The van der Waals surface area contributed by atoms with Crippen LogP contribution in [0.3, 0.4) is 0 Å². The first-order valence-corrected chi connectivity index (χ1v) is 7.62. The number of halogens is 2. The van der Waals surface area contributed by atoms with E-state index in [0.717, 1.165) is 19.4 Å². The minimum Gasteiger partial charge on any atom is -0.314 e. The Morgan fingerprint density at radius 3 is 2.81 bits per heavy atom. The van der Waals surface area contributed by atoms with Crippen molar-refractivity contribution in [1.29, 1.82) is 0 Å². The summed E-state index contributed by atoms with van der Waals surface area (Å²) in [5, 5.41) is 8.08. The maximum atomic E-state index is 13.9. The zero-order chi connectivity index (χ0) is 15.2. The van der Waals surface area contributed by atoms with Gasteiger partial charge in [0, 0.05) is 35.6 Å². The molecule has 21 heavy (non-hydrogen) atoms. The van der Waals surface area contributed by atoms with Crippen molar-refractivity contribution in [3.63, 3.8) is 0 Å². The Morgan fingerprint density at radius 1 is 1.38 bits per heavy atom. The minimum atomic E-state index is -0.231. The second-order valence-electron chi connectivity index (χ2n) is 5.14. The second-order valence-corrected chi connectivity index (χ2v) is 5.55. The highest BCUT2D eigenvalue weighted by atomic mass is 35.5.